The number of piperidine rings is 1. The molecule has 3 nitrogen and oxygen atoms in total. The van der Waals surface area contributed by atoms with E-state index in [-0.39, 0.29) is 18.0 Å². The van der Waals surface area contributed by atoms with Crippen LogP contribution in [0.1, 0.15) is 41.6 Å². The van der Waals surface area contributed by atoms with Gasteiger partial charge in [-0.2, -0.15) is 0 Å². The maximum atomic E-state index is 13.8. The van der Waals surface area contributed by atoms with Gasteiger partial charge in [-0.05, 0) is 75.4 Å². The van der Waals surface area contributed by atoms with Crippen LogP contribution in [-0.2, 0) is 4.74 Å². The Morgan fingerprint density at radius 2 is 1.93 bits per heavy atom. The Balaban J connectivity index is 1.56. The molecule has 2 aliphatic rings. The van der Waals surface area contributed by atoms with E-state index in [1.807, 2.05) is 6.07 Å². The van der Waals surface area contributed by atoms with Crippen molar-refractivity contribution in [3.63, 3.8) is 0 Å². The molecule has 1 unspecified atom stereocenters. The smallest absolute Gasteiger partial charge is 0.123 e. The molecule has 0 saturated carbocycles. The Morgan fingerprint density at radius 3 is 2.70 bits per heavy atom. The van der Waals surface area contributed by atoms with Crippen LogP contribution in [0.2, 0.25) is 0 Å². The molecule has 1 saturated heterocycles. The van der Waals surface area contributed by atoms with Crippen molar-refractivity contribution in [2.24, 2.45) is 0 Å². The lowest BCUT2D eigenvalue weighted by Crippen LogP contribution is -2.47. The largest absolute Gasteiger partial charge is 0.364 e. The molecule has 144 valence electrons. The molecule has 0 bridgehead atoms. The highest BCUT2D eigenvalue weighted by Gasteiger charge is 2.39. The highest BCUT2D eigenvalue weighted by molar-refractivity contribution is 5.41. The summed E-state index contributed by atoms with van der Waals surface area (Å²) in [6.45, 7) is 4.30. The summed E-state index contributed by atoms with van der Waals surface area (Å²) in [6.07, 6.45) is 2.29. The van der Waals surface area contributed by atoms with Crippen LogP contribution in [0.3, 0.4) is 0 Å². The van der Waals surface area contributed by atoms with Crippen LogP contribution in [-0.4, -0.2) is 56.2 Å². The third-order valence-electron chi connectivity index (χ3n) is 5.86. The average molecular weight is 368 g/mol. The van der Waals surface area contributed by atoms with Gasteiger partial charge in [0, 0.05) is 12.5 Å². The van der Waals surface area contributed by atoms with Crippen molar-refractivity contribution in [1.29, 1.82) is 0 Å². The summed E-state index contributed by atoms with van der Waals surface area (Å²) in [7, 11) is 4.24. The van der Waals surface area contributed by atoms with Crippen LogP contribution in [0.15, 0.2) is 48.5 Å². The van der Waals surface area contributed by atoms with E-state index in [1.54, 1.807) is 12.1 Å². The summed E-state index contributed by atoms with van der Waals surface area (Å²) in [5.41, 5.74) is 3.49. The molecule has 0 aromatic heterocycles. The first-order valence-electron chi connectivity index (χ1n) is 9.98. The number of fused-ring (bicyclic) bond motifs is 3. The molecule has 2 aromatic carbocycles. The molecule has 4 rings (SSSR count). The standard InChI is InChI=1S/C23H29FN2O/c1-25(2)12-6-13-26-14-11-20-19-9-3-4-10-21(19)23(27-22(20)16-26)17-7-5-8-18(24)15-17/h3-5,7-10,15,20,22-23H,6,11-14,16H2,1-2H3/t20-,22-,23?/m0/s1. The van der Waals surface area contributed by atoms with Crippen LogP contribution >= 0.6 is 0 Å². The van der Waals surface area contributed by atoms with Crippen LogP contribution < -0.4 is 0 Å². The molecule has 2 aliphatic heterocycles. The van der Waals surface area contributed by atoms with Crippen LogP contribution in [0, 0.1) is 5.82 Å². The Morgan fingerprint density at radius 1 is 1.11 bits per heavy atom. The molecular formula is C23H29FN2O. The van der Waals surface area contributed by atoms with E-state index in [0.29, 0.717) is 5.92 Å². The summed E-state index contributed by atoms with van der Waals surface area (Å²) in [5.74, 6) is 0.237. The normalized spacial score (nSPS) is 25.3. The van der Waals surface area contributed by atoms with Crippen molar-refractivity contribution in [2.75, 3.05) is 40.3 Å². The minimum atomic E-state index is -0.204. The summed E-state index contributed by atoms with van der Waals surface area (Å²) in [6, 6.07) is 15.4. The van der Waals surface area contributed by atoms with Crippen molar-refractivity contribution in [3.05, 3.63) is 71.0 Å². The first kappa shape index (κ1) is 18.6. The van der Waals surface area contributed by atoms with E-state index in [4.69, 9.17) is 4.74 Å². The highest BCUT2D eigenvalue weighted by atomic mass is 19.1. The van der Waals surface area contributed by atoms with Gasteiger partial charge in [0.2, 0.25) is 0 Å². The van der Waals surface area contributed by atoms with Crippen molar-refractivity contribution in [3.8, 4) is 0 Å². The van der Waals surface area contributed by atoms with E-state index >= 15 is 0 Å². The molecule has 2 heterocycles. The zero-order valence-corrected chi connectivity index (χ0v) is 16.3. The molecule has 0 amide bonds. The van der Waals surface area contributed by atoms with Gasteiger partial charge in [-0.3, -0.25) is 0 Å². The van der Waals surface area contributed by atoms with Crippen LogP contribution in [0.5, 0.6) is 0 Å². The minimum absolute atomic E-state index is 0.168. The Bertz CT molecular complexity index is 778. The maximum absolute atomic E-state index is 13.8. The second-order valence-corrected chi connectivity index (χ2v) is 8.09. The van der Waals surface area contributed by atoms with Gasteiger partial charge < -0.3 is 14.5 Å². The highest BCUT2D eigenvalue weighted by Crippen LogP contribution is 2.44. The van der Waals surface area contributed by atoms with Crippen molar-refractivity contribution < 1.29 is 9.13 Å². The maximum Gasteiger partial charge on any atom is 0.123 e. The second-order valence-electron chi connectivity index (χ2n) is 8.09. The number of nitrogens with zero attached hydrogens (tertiary/aromatic N) is 2. The SMILES string of the molecule is CN(C)CCCN1CC[C@H]2c3ccccc3C(c3cccc(F)c3)O[C@H]2C1. The Kier molecular flexibility index (Phi) is 5.58. The molecule has 4 heteroatoms. The number of likely N-dealkylation sites (tertiary alicyclic amines) is 1. The van der Waals surface area contributed by atoms with Gasteiger partial charge in [-0.25, -0.2) is 4.39 Å². The monoisotopic (exact) mass is 368 g/mol. The van der Waals surface area contributed by atoms with E-state index in [2.05, 4.69) is 48.2 Å². The molecule has 3 atom stereocenters. The number of benzene rings is 2. The van der Waals surface area contributed by atoms with Crippen molar-refractivity contribution in [1.82, 2.24) is 9.80 Å². The lowest BCUT2D eigenvalue weighted by molar-refractivity contribution is -0.0592. The first-order chi connectivity index (χ1) is 13.1. The van der Waals surface area contributed by atoms with Crippen LogP contribution in [0.4, 0.5) is 4.39 Å². The quantitative estimate of drug-likeness (QED) is 0.792. The fourth-order valence-electron chi connectivity index (χ4n) is 4.55. The van der Waals surface area contributed by atoms with E-state index in [1.165, 1.54) is 23.6 Å². The minimum Gasteiger partial charge on any atom is -0.364 e. The van der Waals surface area contributed by atoms with Gasteiger partial charge in [0.25, 0.3) is 0 Å². The third-order valence-corrected chi connectivity index (χ3v) is 5.86. The van der Waals surface area contributed by atoms with Gasteiger partial charge >= 0.3 is 0 Å². The second kappa shape index (κ2) is 8.09. The zero-order chi connectivity index (χ0) is 18.8. The topological polar surface area (TPSA) is 15.7 Å². The number of hydrogen-bond acceptors (Lipinski definition) is 3. The molecule has 2 aromatic rings. The zero-order valence-electron chi connectivity index (χ0n) is 16.3. The summed E-state index contributed by atoms with van der Waals surface area (Å²) in [4.78, 5) is 4.77. The molecule has 1 fully saturated rings. The molecule has 0 aliphatic carbocycles. The van der Waals surface area contributed by atoms with Crippen LogP contribution in [0.25, 0.3) is 0 Å². The van der Waals surface area contributed by atoms with E-state index < -0.39 is 0 Å². The summed E-state index contributed by atoms with van der Waals surface area (Å²) >= 11 is 0. The van der Waals surface area contributed by atoms with E-state index in [0.717, 1.165) is 38.2 Å². The number of halogens is 1. The molecule has 0 radical (unpaired) electrons. The predicted molar refractivity (Wildman–Crippen MR) is 107 cm³/mol. The molecule has 0 spiro atoms. The first-order valence-corrected chi connectivity index (χ1v) is 9.98. The number of hydrogen-bond donors (Lipinski definition) is 0. The van der Waals surface area contributed by atoms with Gasteiger partial charge in [-0.15, -0.1) is 0 Å². The van der Waals surface area contributed by atoms with E-state index in [9.17, 15) is 4.39 Å². The van der Waals surface area contributed by atoms with Crippen molar-refractivity contribution >= 4 is 0 Å². The number of rotatable bonds is 5. The Labute approximate surface area is 161 Å². The number of ether oxygens (including phenoxy) is 1. The van der Waals surface area contributed by atoms with Gasteiger partial charge in [0.15, 0.2) is 0 Å². The third kappa shape index (κ3) is 4.08. The summed E-state index contributed by atoms with van der Waals surface area (Å²) in [5, 5.41) is 0. The molecule has 27 heavy (non-hydrogen) atoms. The predicted octanol–water partition coefficient (Wildman–Crippen LogP) is 4.05. The lowest BCUT2D eigenvalue weighted by atomic mass is 9.79. The van der Waals surface area contributed by atoms with Gasteiger partial charge in [0.1, 0.15) is 11.9 Å². The fraction of sp³-hybridized carbons (Fsp3) is 0.478. The van der Waals surface area contributed by atoms with Gasteiger partial charge in [0.05, 0.1) is 6.10 Å². The fourth-order valence-corrected chi connectivity index (χ4v) is 4.55. The van der Waals surface area contributed by atoms with Crippen molar-refractivity contribution in [2.45, 2.75) is 31.0 Å². The molecule has 0 N–H and O–H groups in total. The Hall–Kier alpha value is -1.75. The summed E-state index contributed by atoms with van der Waals surface area (Å²) < 4.78 is 20.4. The lowest BCUT2D eigenvalue weighted by Gasteiger charge is -2.45. The molecular weight excluding hydrogens is 339 g/mol. The van der Waals surface area contributed by atoms with Gasteiger partial charge in [-0.1, -0.05) is 36.4 Å². The average Bonchev–Trinajstić information content (AvgIpc) is 2.67.